The van der Waals surface area contributed by atoms with E-state index in [0.717, 1.165) is 19.0 Å². The van der Waals surface area contributed by atoms with Crippen molar-refractivity contribution in [3.63, 3.8) is 0 Å². The fourth-order valence-corrected chi connectivity index (χ4v) is 3.66. The maximum Gasteiger partial charge on any atom is 0.211 e. The van der Waals surface area contributed by atoms with Crippen LogP contribution in [0.25, 0.3) is 0 Å². The van der Waals surface area contributed by atoms with Gasteiger partial charge in [-0.25, -0.2) is 17.1 Å². The van der Waals surface area contributed by atoms with Crippen LogP contribution in [0.2, 0.25) is 0 Å². The van der Waals surface area contributed by atoms with Crippen molar-refractivity contribution in [1.82, 2.24) is 14.7 Å². The lowest BCUT2D eigenvalue weighted by Crippen LogP contribution is -2.41. The van der Waals surface area contributed by atoms with Crippen LogP contribution in [0, 0.1) is 11.7 Å². The molecule has 0 bridgehead atoms. The molecule has 2 heterocycles. The van der Waals surface area contributed by atoms with Crippen LogP contribution in [0.15, 0.2) is 18.3 Å². The van der Waals surface area contributed by atoms with Crippen LogP contribution in [0.1, 0.15) is 31.0 Å². The maximum absolute atomic E-state index is 12.9. The zero-order valence-electron chi connectivity index (χ0n) is 12.0. The van der Waals surface area contributed by atoms with Crippen LogP contribution in [0.5, 0.6) is 0 Å². The molecule has 1 fully saturated rings. The average molecular weight is 316 g/mol. The number of pyridine rings is 1. The molecule has 0 aromatic carbocycles. The minimum absolute atomic E-state index is 0.210. The number of sulfonamides is 1. The number of hydrogen-bond acceptors (Lipinski definition) is 5. The Hall–Kier alpha value is -1.09. The van der Waals surface area contributed by atoms with Crippen LogP contribution in [0.4, 0.5) is 4.39 Å². The Kier molecular flexibility index (Phi) is 5.26. The van der Waals surface area contributed by atoms with Gasteiger partial charge in [0.1, 0.15) is 5.82 Å². The van der Waals surface area contributed by atoms with Crippen LogP contribution < -0.4 is 11.3 Å². The number of nitrogens with one attached hydrogen (secondary N) is 1. The predicted octanol–water partition coefficient (Wildman–Crippen LogP) is 0.787. The normalized spacial score (nSPS) is 22.1. The fraction of sp³-hybridized carbons (Fsp3) is 0.615. The quantitative estimate of drug-likeness (QED) is 0.619. The number of nitrogens with two attached hydrogens (primary N) is 1. The van der Waals surface area contributed by atoms with E-state index in [9.17, 15) is 12.8 Å². The molecule has 0 saturated carbocycles. The Morgan fingerprint density at radius 1 is 1.57 bits per heavy atom. The molecule has 1 saturated heterocycles. The third-order valence-electron chi connectivity index (χ3n) is 3.83. The molecular weight excluding hydrogens is 295 g/mol. The topological polar surface area (TPSA) is 88.3 Å². The summed E-state index contributed by atoms with van der Waals surface area (Å²) in [6, 6.07) is 2.73. The molecule has 1 aliphatic rings. The highest BCUT2D eigenvalue weighted by molar-refractivity contribution is 7.88. The van der Waals surface area contributed by atoms with E-state index in [2.05, 4.69) is 10.4 Å². The summed E-state index contributed by atoms with van der Waals surface area (Å²) < 4.78 is 37.7. The molecule has 2 rings (SSSR count). The van der Waals surface area contributed by atoms with Crippen molar-refractivity contribution >= 4 is 10.0 Å². The number of aromatic nitrogens is 1. The van der Waals surface area contributed by atoms with Crippen LogP contribution >= 0.6 is 0 Å². The summed E-state index contributed by atoms with van der Waals surface area (Å²) in [6.45, 7) is 1.07. The van der Waals surface area contributed by atoms with Gasteiger partial charge >= 0.3 is 0 Å². The molecule has 0 aliphatic carbocycles. The Morgan fingerprint density at radius 2 is 2.33 bits per heavy atom. The molecule has 6 nitrogen and oxygen atoms in total. The fourth-order valence-electron chi connectivity index (χ4n) is 2.72. The molecule has 1 aromatic heterocycles. The summed E-state index contributed by atoms with van der Waals surface area (Å²) >= 11 is 0. The standard InChI is InChI=1S/C13H21FN4O2S/c1-21(19,20)18-6-2-3-10(9-18)7-13(17-15)12-5-4-11(14)8-16-12/h4-5,8,10,13,17H,2-3,6-7,9,15H2,1H3. The summed E-state index contributed by atoms with van der Waals surface area (Å²) in [5.41, 5.74) is 3.35. The third kappa shape index (κ3) is 4.44. The molecule has 0 radical (unpaired) electrons. The number of nitrogens with zero attached hydrogens (tertiary/aromatic N) is 2. The molecule has 118 valence electrons. The first kappa shape index (κ1) is 16.3. The van der Waals surface area contributed by atoms with Crippen molar-refractivity contribution in [3.05, 3.63) is 29.8 Å². The van der Waals surface area contributed by atoms with Gasteiger partial charge in [0, 0.05) is 13.1 Å². The SMILES string of the molecule is CS(=O)(=O)N1CCCC(CC(NN)c2ccc(F)cn2)C1. The summed E-state index contributed by atoms with van der Waals surface area (Å²) in [7, 11) is -3.16. The number of halogens is 1. The summed E-state index contributed by atoms with van der Waals surface area (Å²) in [4.78, 5) is 4.03. The third-order valence-corrected chi connectivity index (χ3v) is 5.10. The maximum atomic E-state index is 12.9. The van der Waals surface area contributed by atoms with Gasteiger partial charge < -0.3 is 0 Å². The lowest BCUT2D eigenvalue weighted by Gasteiger charge is -2.32. The summed E-state index contributed by atoms with van der Waals surface area (Å²) in [5, 5.41) is 0. The van der Waals surface area contributed by atoms with Crippen molar-refractivity contribution in [2.45, 2.75) is 25.3 Å². The van der Waals surface area contributed by atoms with Gasteiger partial charge in [-0.05, 0) is 37.3 Å². The van der Waals surface area contributed by atoms with Gasteiger partial charge in [0.25, 0.3) is 0 Å². The van der Waals surface area contributed by atoms with E-state index in [1.54, 1.807) is 6.07 Å². The Labute approximate surface area is 124 Å². The summed E-state index contributed by atoms with van der Waals surface area (Å²) in [6.07, 6.45) is 4.84. The summed E-state index contributed by atoms with van der Waals surface area (Å²) in [5.74, 6) is 5.38. The Morgan fingerprint density at radius 3 is 2.90 bits per heavy atom. The minimum atomic E-state index is -3.16. The van der Waals surface area contributed by atoms with Gasteiger partial charge in [-0.3, -0.25) is 16.3 Å². The smallest absolute Gasteiger partial charge is 0.211 e. The van der Waals surface area contributed by atoms with E-state index in [-0.39, 0.29) is 12.0 Å². The lowest BCUT2D eigenvalue weighted by atomic mass is 9.91. The molecule has 2 atom stereocenters. The van der Waals surface area contributed by atoms with Crippen molar-refractivity contribution in [1.29, 1.82) is 0 Å². The number of piperidine rings is 1. The van der Waals surface area contributed by atoms with E-state index < -0.39 is 15.8 Å². The van der Waals surface area contributed by atoms with Crippen molar-refractivity contribution in [2.24, 2.45) is 11.8 Å². The van der Waals surface area contributed by atoms with Crippen LogP contribution in [0.3, 0.4) is 0 Å². The van der Waals surface area contributed by atoms with Crippen molar-refractivity contribution < 1.29 is 12.8 Å². The first-order chi connectivity index (χ1) is 9.90. The van der Waals surface area contributed by atoms with Gasteiger partial charge in [0.2, 0.25) is 10.0 Å². The molecule has 8 heteroatoms. The zero-order chi connectivity index (χ0) is 15.5. The molecular formula is C13H21FN4O2S. The second kappa shape index (κ2) is 6.78. The van der Waals surface area contributed by atoms with E-state index in [4.69, 9.17) is 5.84 Å². The van der Waals surface area contributed by atoms with E-state index in [0.29, 0.717) is 25.2 Å². The zero-order valence-corrected chi connectivity index (χ0v) is 12.8. The van der Waals surface area contributed by atoms with Crippen molar-refractivity contribution in [2.75, 3.05) is 19.3 Å². The number of hydrazine groups is 1. The average Bonchev–Trinajstić information content (AvgIpc) is 2.45. The molecule has 1 aromatic rings. The van der Waals surface area contributed by atoms with Gasteiger partial charge in [-0.15, -0.1) is 0 Å². The van der Waals surface area contributed by atoms with E-state index >= 15 is 0 Å². The number of hydrogen-bond donors (Lipinski definition) is 2. The first-order valence-electron chi connectivity index (χ1n) is 6.93. The molecule has 1 aliphatic heterocycles. The van der Waals surface area contributed by atoms with Crippen molar-refractivity contribution in [3.8, 4) is 0 Å². The van der Waals surface area contributed by atoms with E-state index in [1.165, 1.54) is 16.6 Å². The van der Waals surface area contributed by atoms with E-state index in [1.807, 2.05) is 0 Å². The Bertz CT molecular complexity index is 564. The van der Waals surface area contributed by atoms with Gasteiger partial charge in [-0.2, -0.15) is 0 Å². The molecule has 21 heavy (non-hydrogen) atoms. The van der Waals surface area contributed by atoms with Crippen LogP contribution in [-0.4, -0.2) is 37.1 Å². The lowest BCUT2D eigenvalue weighted by molar-refractivity contribution is 0.237. The van der Waals surface area contributed by atoms with Gasteiger partial charge in [0.05, 0.1) is 24.2 Å². The largest absolute Gasteiger partial charge is 0.271 e. The Balaban J connectivity index is 2.03. The predicted molar refractivity (Wildman–Crippen MR) is 78.0 cm³/mol. The highest BCUT2D eigenvalue weighted by atomic mass is 32.2. The second-order valence-corrected chi connectivity index (χ2v) is 7.47. The highest BCUT2D eigenvalue weighted by Gasteiger charge is 2.28. The van der Waals surface area contributed by atoms with Gasteiger partial charge in [0.15, 0.2) is 0 Å². The molecule has 3 N–H and O–H groups in total. The molecule has 0 spiro atoms. The monoisotopic (exact) mass is 316 g/mol. The molecule has 2 unspecified atom stereocenters. The minimum Gasteiger partial charge on any atom is -0.271 e. The first-order valence-corrected chi connectivity index (χ1v) is 8.77. The highest BCUT2D eigenvalue weighted by Crippen LogP contribution is 2.27. The molecule has 0 amide bonds. The van der Waals surface area contributed by atoms with Crippen LogP contribution in [-0.2, 0) is 10.0 Å². The second-order valence-electron chi connectivity index (χ2n) is 5.49. The van der Waals surface area contributed by atoms with Gasteiger partial charge in [-0.1, -0.05) is 0 Å². The number of rotatable bonds is 5.